The molecule has 0 amide bonds. The maximum Gasteiger partial charge on any atom is 0.103 e. The molecule has 0 aliphatic carbocycles. The van der Waals surface area contributed by atoms with Crippen LogP contribution in [0.15, 0.2) is 36.7 Å². The van der Waals surface area contributed by atoms with Crippen molar-refractivity contribution < 1.29 is 9.84 Å². The van der Waals surface area contributed by atoms with Crippen molar-refractivity contribution in [3.63, 3.8) is 0 Å². The lowest BCUT2D eigenvalue weighted by Crippen LogP contribution is -2.07. The molecule has 0 radical (unpaired) electrons. The van der Waals surface area contributed by atoms with Gasteiger partial charge in [-0.05, 0) is 23.9 Å². The molecule has 84 valence electrons. The summed E-state index contributed by atoms with van der Waals surface area (Å²) in [4.78, 5) is 4.06. The highest BCUT2D eigenvalue weighted by molar-refractivity contribution is 5.85. The van der Waals surface area contributed by atoms with Gasteiger partial charge in [-0.25, -0.2) is 0 Å². The summed E-state index contributed by atoms with van der Waals surface area (Å²) < 4.78 is 5.23. The van der Waals surface area contributed by atoms with E-state index in [1.807, 2.05) is 31.2 Å². The summed E-state index contributed by atoms with van der Waals surface area (Å²) in [6.45, 7) is 2.86. The van der Waals surface area contributed by atoms with Crippen LogP contribution in [0.4, 0.5) is 0 Å². The maximum atomic E-state index is 10.0. The van der Waals surface area contributed by atoms with Crippen LogP contribution in [0, 0.1) is 0 Å². The van der Waals surface area contributed by atoms with Crippen LogP contribution in [0.5, 0.6) is 0 Å². The minimum Gasteiger partial charge on any atom is -0.386 e. The van der Waals surface area contributed by atoms with Crippen LogP contribution in [-0.4, -0.2) is 23.3 Å². The van der Waals surface area contributed by atoms with E-state index in [2.05, 4.69) is 4.98 Å². The molecule has 1 atom stereocenters. The number of rotatable bonds is 4. The molecule has 1 heterocycles. The van der Waals surface area contributed by atoms with Gasteiger partial charge in [-0.15, -0.1) is 0 Å². The minimum atomic E-state index is -0.578. The van der Waals surface area contributed by atoms with Gasteiger partial charge in [0.15, 0.2) is 0 Å². The predicted octanol–water partition coefficient (Wildman–Crippen LogP) is 2.30. The molecular formula is C13H15NO2. The molecule has 0 fully saturated rings. The largest absolute Gasteiger partial charge is 0.386 e. The number of hydrogen-bond donors (Lipinski definition) is 1. The molecule has 0 saturated carbocycles. The van der Waals surface area contributed by atoms with Gasteiger partial charge < -0.3 is 9.84 Å². The van der Waals surface area contributed by atoms with E-state index < -0.39 is 6.10 Å². The molecular weight excluding hydrogens is 202 g/mol. The fourth-order valence-corrected chi connectivity index (χ4v) is 1.76. The van der Waals surface area contributed by atoms with Crippen LogP contribution in [0.25, 0.3) is 10.8 Å². The molecule has 0 aliphatic rings. The number of ether oxygens (including phenoxy) is 1. The summed E-state index contributed by atoms with van der Waals surface area (Å²) in [5, 5.41) is 12.1. The van der Waals surface area contributed by atoms with Gasteiger partial charge in [0.05, 0.1) is 6.61 Å². The van der Waals surface area contributed by atoms with E-state index in [-0.39, 0.29) is 0 Å². The molecule has 1 aromatic carbocycles. The zero-order valence-corrected chi connectivity index (χ0v) is 9.26. The number of aliphatic hydroxyl groups excluding tert-OH is 1. The van der Waals surface area contributed by atoms with E-state index in [4.69, 9.17) is 4.74 Å². The zero-order valence-electron chi connectivity index (χ0n) is 9.26. The maximum absolute atomic E-state index is 10.0. The second kappa shape index (κ2) is 5.05. The average molecular weight is 217 g/mol. The van der Waals surface area contributed by atoms with E-state index in [0.29, 0.717) is 13.2 Å². The third-order valence-corrected chi connectivity index (χ3v) is 2.55. The predicted molar refractivity (Wildman–Crippen MR) is 63.2 cm³/mol. The van der Waals surface area contributed by atoms with Crippen LogP contribution in [0.1, 0.15) is 18.6 Å². The minimum absolute atomic E-state index is 0.331. The molecule has 3 nitrogen and oxygen atoms in total. The molecule has 2 rings (SSSR count). The van der Waals surface area contributed by atoms with Gasteiger partial charge in [-0.3, -0.25) is 4.98 Å². The third kappa shape index (κ3) is 2.21. The van der Waals surface area contributed by atoms with Gasteiger partial charge in [-0.1, -0.05) is 18.2 Å². The fourth-order valence-electron chi connectivity index (χ4n) is 1.76. The summed E-state index contributed by atoms with van der Waals surface area (Å²) in [5.74, 6) is 0. The average Bonchev–Trinajstić information content (AvgIpc) is 2.35. The Kier molecular flexibility index (Phi) is 3.49. The second-order valence-electron chi connectivity index (χ2n) is 3.62. The molecule has 16 heavy (non-hydrogen) atoms. The van der Waals surface area contributed by atoms with Crippen molar-refractivity contribution in [3.8, 4) is 0 Å². The van der Waals surface area contributed by atoms with Crippen molar-refractivity contribution >= 4 is 10.8 Å². The summed E-state index contributed by atoms with van der Waals surface area (Å²) in [6.07, 6.45) is 2.96. The highest BCUT2D eigenvalue weighted by Crippen LogP contribution is 2.23. The number of pyridine rings is 1. The molecule has 1 unspecified atom stereocenters. The lowest BCUT2D eigenvalue weighted by atomic mass is 10.0. The van der Waals surface area contributed by atoms with E-state index in [1.54, 1.807) is 12.4 Å². The topological polar surface area (TPSA) is 42.4 Å². The molecule has 3 heteroatoms. The van der Waals surface area contributed by atoms with Crippen LogP contribution in [0.2, 0.25) is 0 Å². The van der Waals surface area contributed by atoms with Gasteiger partial charge in [0.1, 0.15) is 6.10 Å². The van der Waals surface area contributed by atoms with E-state index >= 15 is 0 Å². The quantitative estimate of drug-likeness (QED) is 0.854. The lowest BCUT2D eigenvalue weighted by molar-refractivity contribution is 0.0428. The van der Waals surface area contributed by atoms with E-state index in [0.717, 1.165) is 16.3 Å². The van der Waals surface area contributed by atoms with Crippen LogP contribution in [0.3, 0.4) is 0 Å². The number of benzene rings is 1. The number of nitrogens with zero attached hydrogens (tertiary/aromatic N) is 1. The first-order valence-electron chi connectivity index (χ1n) is 5.41. The Hall–Kier alpha value is -1.45. The number of hydrogen-bond acceptors (Lipinski definition) is 3. The Balaban J connectivity index is 2.36. The van der Waals surface area contributed by atoms with Gasteiger partial charge >= 0.3 is 0 Å². The van der Waals surface area contributed by atoms with Gasteiger partial charge in [-0.2, -0.15) is 0 Å². The molecule has 1 aromatic heterocycles. The van der Waals surface area contributed by atoms with Crippen LogP contribution >= 0.6 is 0 Å². The normalized spacial score (nSPS) is 12.9. The Morgan fingerprint density at radius 3 is 3.06 bits per heavy atom. The number of fused-ring (bicyclic) bond motifs is 1. The smallest absolute Gasteiger partial charge is 0.103 e. The fraction of sp³-hybridized carbons (Fsp3) is 0.308. The highest BCUT2D eigenvalue weighted by atomic mass is 16.5. The van der Waals surface area contributed by atoms with E-state index in [9.17, 15) is 5.11 Å². The monoisotopic (exact) mass is 217 g/mol. The van der Waals surface area contributed by atoms with Gasteiger partial charge in [0, 0.05) is 24.4 Å². The Morgan fingerprint density at radius 2 is 2.25 bits per heavy atom. The highest BCUT2D eigenvalue weighted by Gasteiger charge is 2.10. The first-order chi connectivity index (χ1) is 7.83. The van der Waals surface area contributed by atoms with Crippen LogP contribution < -0.4 is 0 Å². The summed E-state index contributed by atoms with van der Waals surface area (Å²) >= 11 is 0. The third-order valence-electron chi connectivity index (χ3n) is 2.55. The summed E-state index contributed by atoms with van der Waals surface area (Å²) in [7, 11) is 0. The van der Waals surface area contributed by atoms with E-state index in [1.165, 1.54) is 0 Å². The van der Waals surface area contributed by atoms with Gasteiger partial charge in [0.2, 0.25) is 0 Å². The number of aliphatic hydroxyl groups is 1. The van der Waals surface area contributed by atoms with Crippen molar-refractivity contribution in [1.29, 1.82) is 0 Å². The second-order valence-corrected chi connectivity index (χ2v) is 3.62. The van der Waals surface area contributed by atoms with Gasteiger partial charge in [0.25, 0.3) is 0 Å². The van der Waals surface area contributed by atoms with Crippen molar-refractivity contribution in [1.82, 2.24) is 4.98 Å². The summed E-state index contributed by atoms with van der Waals surface area (Å²) in [6, 6.07) is 7.75. The lowest BCUT2D eigenvalue weighted by Gasteiger charge is -2.13. The molecule has 0 spiro atoms. The number of aromatic nitrogens is 1. The molecule has 1 N–H and O–H groups in total. The summed E-state index contributed by atoms with van der Waals surface area (Å²) in [5.41, 5.74) is 0.897. The Bertz CT molecular complexity index is 465. The Morgan fingerprint density at radius 1 is 1.38 bits per heavy atom. The Labute approximate surface area is 94.7 Å². The van der Waals surface area contributed by atoms with Crippen molar-refractivity contribution in [2.45, 2.75) is 13.0 Å². The first kappa shape index (κ1) is 11.0. The molecule has 0 bridgehead atoms. The molecule has 0 aliphatic heterocycles. The molecule has 0 saturated heterocycles. The molecule has 2 aromatic rings. The van der Waals surface area contributed by atoms with Crippen molar-refractivity contribution in [2.24, 2.45) is 0 Å². The zero-order chi connectivity index (χ0) is 11.4. The van der Waals surface area contributed by atoms with Crippen LogP contribution in [-0.2, 0) is 4.74 Å². The first-order valence-corrected chi connectivity index (χ1v) is 5.41. The SMILES string of the molecule is CCOCC(O)c1cccc2cnccc12. The standard InChI is InChI=1S/C13H15NO2/c1-2-16-9-13(15)12-5-3-4-10-8-14-7-6-11(10)12/h3-8,13,15H,2,9H2,1H3. The van der Waals surface area contributed by atoms with Crippen molar-refractivity contribution in [3.05, 3.63) is 42.2 Å². The van der Waals surface area contributed by atoms with Crippen molar-refractivity contribution in [2.75, 3.05) is 13.2 Å².